The second-order valence-electron chi connectivity index (χ2n) is 11.2. The summed E-state index contributed by atoms with van der Waals surface area (Å²) >= 11 is 0. The zero-order valence-corrected chi connectivity index (χ0v) is 22.8. The molecular weight excluding hydrogens is 528 g/mol. The normalized spacial score (nSPS) is 22.6. The van der Waals surface area contributed by atoms with Crippen molar-refractivity contribution in [3.63, 3.8) is 0 Å². The number of aromatic nitrogens is 3. The van der Waals surface area contributed by atoms with Crippen LogP contribution in [0.2, 0.25) is 0 Å². The Bertz CT molecular complexity index is 1520. The molecule has 0 saturated heterocycles. The molecule has 12 heteroatoms. The second kappa shape index (κ2) is 10.8. The van der Waals surface area contributed by atoms with Gasteiger partial charge in [0, 0.05) is 35.3 Å². The minimum atomic E-state index is -1.67. The lowest BCUT2D eigenvalue weighted by molar-refractivity contribution is -0.117. The van der Waals surface area contributed by atoms with E-state index in [0.29, 0.717) is 29.1 Å². The summed E-state index contributed by atoms with van der Waals surface area (Å²) in [4.78, 5) is 36.7. The van der Waals surface area contributed by atoms with Gasteiger partial charge in [-0.25, -0.2) is 22.5 Å². The van der Waals surface area contributed by atoms with E-state index in [2.05, 4.69) is 34.3 Å². The maximum Gasteiger partial charge on any atom is 0.260 e. The first-order valence-electron chi connectivity index (χ1n) is 13.4. The molecule has 1 aromatic carbocycles. The summed E-state index contributed by atoms with van der Waals surface area (Å²) in [5.74, 6) is -6.06. The average molecular weight is 561 g/mol. The molecular formula is C28H32F4N6O2. The summed E-state index contributed by atoms with van der Waals surface area (Å²) < 4.78 is 59.6. The molecule has 2 fully saturated rings. The number of alkyl halides is 1. The summed E-state index contributed by atoms with van der Waals surface area (Å²) in [6.07, 6.45) is 4.01. The fraction of sp³-hybridized carbons (Fsp3) is 0.500. The van der Waals surface area contributed by atoms with Crippen molar-refractivity contribution in [2.45, 2.75) is 70.2 Å². The smallest absolute Gasteiger partial charge is 0.260 e. The van der Waals surface area contributed by atoms with Gasteiger partial charge in [0.25, 0.3) is 5.56 Å². The van der Waals surface area contributed by atoms with Crippen molar-refractivity contribution in [2.75, 3.05) is 24.7 Å². The van der Waals surface area contributed by atoms with Gasteiger partial charge in [0.05, 0.1) is 11.5 Å². The Hall–Kier alpha value is -3.54. The van der Waals surface area contributed by atoms with Crippen LogP contribution in [-0.4, -0.2) is 57.7 Å². The number of anilines is 2. The predicted molar refractivity (Wildman–Crippen MR) is 144 cm³/mol. The third-order valence-corrected chi connectivity index (χ3v) is 7.80. The van der Waals surface area contributed by atoms with Crippen LogP contribution in [0.1, 0.15) is 52.0 Å². The highest BCUT2D eigenvalue weighted by Gasteiger charge is 2.44. The van der Waals surface area contributed by atoms with Crippen LogP contribution in [0.25, 0.3) is 22.2 Å². The quantitative estimate of drug-likeness (QED) is 0.311. The standard InChI is InChI=1S/C28H32F4N6O2/c1-13(2)38-25-14(12-33-28(36-25)34-15-5-7-16(8-6-15)37(3)4)9-18(27(38)40)17-10-21(30)24(23(32)22(17)31)35-26(39)19-11-20(19)29/h9-10,12-13,15-16,19-20H,5-8,11H2,1-4H3,(H,35,39)(H,33,34,36)/t15?,16?,19-,20-/m0/s1. The van der Waals surface area contributed by atoms with E-state index < -0.39 is 58.3 Å². The highest BCUT2D eigenvalue weighted by molar-refractivity contribution is 5.95. The van der Waals surface area contributed by atoms with E-state index in [1.807, 2.05) is 5.32 Å². The molecule has 0 spiro atoms. The fourth-order valence-corrected chi connectivity index (χ4v) is 5.34. The molecule has 2 aliphatic carbocycles. The first-order valence-corrected chi connectivity index (χ1v) is 13.4. The van der Waals surface area contributed by atoms with E-state index in [1.165, 1.54) is 16.8 Å². The van der Waals surface area contributed by atoms with Gasteiger partial charge >= 0.3 is 0 Å². The highest BCUT2D eigenvalue weighted by Crippen LogP contribution is 2.37. The van der Waals surface area contributed by atoms with Crippen molar-refractivity contribution < 1.29 is 22.4 Å². The number of carbonyl (C=O) groups is 1. The van der Waals surface area contributed by atoms with Crippen LogP contribution in [0.5, 0.6) is 0 Å². The molecule has 40 heavy (non-hydrogen) atoms. The third kappa shape index (κ3) is 5.28. The number of amides is 1. The van der Waals surface area contributed by atoms with Crippen LogP contribution in [0, 0.1) is 23.4 Å². The number of hydrogen-bond acceptors (Lipinski definition) is 6. The largest absolute Gasteiger partial charge is 0.351 e. The molecule has 2 saturated carbocycles. The van der Waals surface area contributed by atoms with Crippen LogP contribution in [0.3, 0.4) is 0 Å². The molecule has 0 bridgehead atoms. The third-order valence-electron chi connectivity index (χ3n) is 7.80. The Morgan fingerprint density at radius 2 is 1.75 bits per heavy atom. The van der Waals surface area contributed by atoms with Crippen molar-refractivity contribution in [2.24, 2.45) is 5.92 Å². The maximum atomic E-state index is 15.2. The van der Waals surface area contributed by atoms with Crippen molar-refractivity contribution in [1.29, 1.82) is 0 Å². The Balaban J connectivity index is 1.49. The minimum Gasteiger partial charge on any atom is -0.351 e. The summed E-state index contributed by atoms with van der Waals surface area (Å²) in [5.41, 5.74) is -2.30. The van der Waals surface area contributed by atoms with Gasteiger partial charge in [-0.2, -0.15) is 4.98 Å². The molecule has 0 aliphatic heterocycles. The summed E-state index contributed by atoms with van der Waals surface area (Å²) in [6.45, 7) is 3.49. The predicted octanol–water partition coefficient (Wildman–Crippen LogP) is 5.04. The van der Waals surface area contributed by atoms with E-state index >= 15 is 4.39 Å². The highest BCUT2D eigenvalue weighted by atomic mass is 19.2. The van der Waals surface area contributed by atoms with Crippen LogP contribution in [0.15, 0.2) is 23.1 Å². The fourth-order valence-electron chi connectivity index (χ4n) is 5.34. The van der Waals surface area contributed by atoms with Gasteiger partial charge in [-0.3, -0.25) is 14.2 Å². The maximum absolute atomic E-state index is 15.2. The second-order valence-corrected chi connectivity index (χ2v) is 11.2. The van der Waals surface area contributed by atoms with Crippen LogP contribution >= 0.6 is 0 Å². The molecule has 0 radical (unpaired) electrons. The first kappa shape index (κ1) is 28.0. The van der Waals surface area contributed by atoms with Crippen molar-refractivity contribution in [1.82, 2.24) is 19.4 Å². The first-order chi connectivity index (χ1) is 19.0. The molecule has 2 aliphatic rings. The average Bonchev–Trinajstić information content (AvgIpc) is 3.65. The van der Waals surface area contributed by atoms with E-state index in [4.69, 9.17) is 0 Å². The molecule has 2 atom stereocenters. The molecule has 1 amide bonds. The van der Waals surface area contributed by atoms with Crippen LogP contribution in [-0.2, 0) is 4.79 Å². The van der Waals surface area contributed by atoms with Crippen molar-refractivity contribution in [3.8, 4) is 11.1 Å². The van der Waals surface area contributed by atoms with Crippen LogP contribution in [0.4, 0.5) is 29.2 Å². The lowest BCUT2D eigenvalue weighted by Crippen LogP contribution is -2.36. The number of fused-ring (bicyclic) bond motifs is 1. The number of hydrogen-bond donors (Lipinski definition) is 2. The molecule has 2 N–H and O–H groups in total. The van der Waals surface area contributed by atoms with Gasteiger partial charge in [-0.15, -0.1) is 0 Å². The van der Waals surface area contributed by atoms with E-state index in [9.17, 15) is 22.8 Å². The Morgan fingerprint density at radius 1 is 1.07 bits per heavy atom. The zero-order valence-electron chi connectivity index (χ0n) is 22.8. The molecule has 2 heterocycles. The molecule has 8 nitrogen and oxygen atoms in total. The molecule has 214 valence electrons. The summed E-state index contributed by atoms with van der Waals surface area (Å²) in [6, 6.07) is 2.25. The monoisotopic (exact) mass is 560 g/mol. The Morgan fingerprint density at radius 3 is 2.35 bits per heavy atom. The van der Waals surface area contributed by atoms with Gasteiger partial charge in [0.1, 0.15) is 17.5 Å². The molecule has 5 rings (SSSR count). The minimum absolute atomic E-state index is 0.0572. The van der Waals surface area contributed by atoms with E-state index in [-0.39, 0.29) is 18.0 Å². The number of benzene rings is 1. The summed E-state index contributed by atoms with van der Waals surface area (Å²) in [7, 11) is 4.14. The van der Waals surface area contributed by atoms with Gasteiger partial charge in [0.15, 0.2) is 17.5 Å². The number of pyridine rings is 1. The van der Waals surface area contributed by atoms with Gasteiger partial charge in [0.2, 0.25) is 11.9 Å². The number of nitrogens with zero attached hydrogens (tertiary/aromatic N) is 4. The zero-order chi connectivity index (χ0) is 28.9. The SMILES string of the molecule is CC(C)n1c(=O)c(-c2cc(F)c(NC(=O)[C@H]3C[C@@H]3F)c(F)c2F)cc2cnc(NC3CCC(N(C)C)CC3)nc21. The molecule has 3 aromatic rings. The topological polar surface area (TPSA) is 92.1 Å². The molecule has 0 unspecified atom stereocenters. The number of halogens is 4. The number of rotatable bonds is 7. The van der Waals surface area contributed by atoms with E-state index in [0.717, 1.165) is 25.7 Å². The van der Waals surface area contributed by atoms with Gasteiger partial charge in [-0.1, -0.05) is 0 Å². The van der Waals surface area contributed by atoms with Crippen molar-refractivity contribution >= 4 is 28.6 Å². The number of carbonyl (C=O) groups excluding carboxylic acids is 1. The molecule has 2 aromatic heterocycles. The van der Waals surface area contributed by atoms with E-state index in [1.54, 1.807) is 13.8 Å². The lowest BCUT2D eigenvalue weighted by Gasteiger charge is -2.33. The van der Waals surface area contributed by atoms with Crippen molar-refractivity contribution in [3.05, 3.63) is 46.1 Å². The Labute approximate surface area is 228 Å². The van der Waals surface area contributed by atoms with Gasteiger partial charge < -0.3 is 15.5 Å². The Kier molecular flexibility index (Phi) is 7.56. The van der Waals surface area contributed by atoms with Crippen LogP contribution < -0.4 is 16.2 Å². The number of nitrogens with one attached hydrogen (secondary N) is 2. The lowest BCUT2D eigenvalue weighted by atomic mass is 9.91. The van der Waals surface area contributed by atoms with Gasteiger partial charge in [-0.05, 0) is 72.2 Å². The summed E-state index contributed by atoms with van der Waals surface area (Å²) in [5, 5.41) is 5.66.